The van der Waals surface area contributed by atoms with E-state index in [9.17, 15) is 14.4 Å². The van der Waals surface area contributed by atoms with Gasteiger partial charge in [-0.15, -0.1) is 0 Å². The average Bonchev–Trinajstić information content (AvgIpc) is 3.42. The zero-order valence-corrected chi connectivity index (χ0v) is 51.3. The van der Waals surface area contributed by atoms with Crippen molar-refractivity contribution >= 4 is 17.9 Å². The van der Waals surface area contributed by atoms with Gasteiger partial charge in [-0.05, 0) is 77.0 Å². The highest BCUT2D eigenvalue weighted by atomic mass is 16.6. The Hall–Kier alpha value is -2.37. The van der Waals surface area contributed by atoms with Gasteiger partial charge in [-0.1, -0.05) is 314 Å². The van der Waals surface area contributed by atoms with Gasteiger partial charge in [0.15, 0.2) is 6.10 Å². The topological polar surface area (TPSA) is 78.9 Å². The Morgan fingerprint density at radius 1 is 0.263 bits per heavy atom. The highest BCUT2D eigenvalue weighted by Crippen LogP contribution is 2.18. The molecule has 0 aromatic rings. The van der Waals surface area contributed by atoms with Crippen molar-refractivity contribution in [2.45, 2.75) is 380 Å². The van der Waals surface area contributed by atoms with Crippen LogP contribution in [0.15, 0.2) is 36.5 Å². The van der Waals surface area contributed by atoms with E-state index >= 15 is 0 Å². The molecule has 0 aliphatic rings. The number of hydrogen-bond acceptors (Lipinski definition) is 6. The van der Waals surface area contributed by atoms with Crippen LogP contribution in [0.1, 0.15) is 374 Å². The number of esters is 3. The molecule has 0 heterocycles. The molecule has 6 heteroatoms. The van der Waals surface area contributed by atoms with Gasteiger partial charge in [0, 0.05) is 19.3 Å². The van der Waals surface area contributed by atoms with Crippen molar-refractivity contribution in [3.63, 3.8) is 0 Å². The number of unbranched alkanes of at least 4 members (excludes halogenated alkanes) is 46. The molecule has 76 heavy (non-hydrogen) atoms. The molecule has 0 amide bonds. The smallest absolute Gasteiger partial charge is 0.306 e. The fraction of sp³-hybridized carbons (Fsp3) is 0.871. The summed E-state index contributed by atoms with van der Waals surface area (Å²) in [6.07, 6.45) is 80.4. The first-order chi connectivity index (χ1) is 37.5. The summed E-state index contributed by atoms with van der Waals surface area (Å²) in [5.74, 6) is -0.851. The molecule has 0 saturated carbocycles. The van der Waals surface area contributed by atoms with Crippen LogP contribution in [0.2, 0.25) is 0 Å². The molecular weight excluding hydrogens is 937 g/mol. The summed E-state index contributed by atoms with van der Waals surface area (Å²) in [4.78, 5) is 38.2. The molecule has 0 aliphatic heterocycles. The fourth-order valence-corrected chi connectivity index (χ4v) is 10.2. The fourth-order valence-electron chi connectivity index (χ4n) is 10.2. The predicted molar refractivity (Wildman–Crippen MR) is 330 cm³/mol. The van der Waals surface area contributed by atoms with E-state index in [1.807, 2.05) is 0 Å². The van der Waals surface area contributed by atoms with Gasteiger partial charge in [0.2, 0.25) is 0 Å². The molecule has 0 rings (SSSR count). The van der Waals surface area contributed by atoms with Crippen LogP contribution in [0.5, 0.6) is 0 Å². The highest BCUT2D eigenvalue weighted by Gasteiger charge is 2.19. The summed E-state index contributed by atoms with van der Waals surface area (Å²) in [5, 5.41) is 0. The van der Waals surface area contributed by atoms with Crippen molar-refractivity contribution in [1.82, 2.24) is 0 Å². The van der Waals surface area contributed by atoms with Crippen LogP contribution in [-0.4, -0.2) is 37.2 Å². The Balaban J connectivity index is 4.06. The Morgan fingerprint density at radius 3 is 0.737 bits per heavy atom. The predicted octanol–water partition coefficient (Wildman–Crippen LogP) is 23.2. The second-order valence-electron chi connectivity index (χ2n) is 23.1. The van der Waals surface area contributed by atoms with Crippen LogP contribution < -0.4 is 0 Å². The number of ether oxygens (including phenoxy) is 3. The van der Waals surface area contributed by atoms with E-state index in [2.05, 4.69) is 57.2 Å². The molecule has 0 aromatic carbocycles. The number of allylic oxidation sites excluding steroid dienone is 6. The summed E-state index contributed by atoms with van der Waals surface area (Å²) in [5.41, 5.74) is 0. The van der Waals surface area contributed by atoms with Crippen molar-refractivity contribution in [1.29, 1.82) is 0 Å². The number of carbonyl (C=O) groups is 3. The monoisotopic (exact) mass is 1070 g/mol. The maximum Gasteiger partial charge on any atom is 0.306 e. The van der Waals surface area contributed by atoms with E-state index in [0.29, 0.717) is 19.3 Å². The number of hydrogen-bond donors (Lipinski definition) is 0. The third-order valence-corrected chi connectivity index (χ3v) is 15.4. The minimum Gasteiger partial charge on any atom is -0.462 e. The molecule has 1 unspecified atom stereocenters. The molecule has 0 fully saturated rings. The standard InChI is InChI=1S/C70H130O6/c1-4-7-10-13-16-19-21-23-25-27-29-30-31-32-33-34-35-36-37-38-39-40-41-43-44-46-48-51-54-57-60-63-69(72)75-66-67(65-74-68(71)62-59-56-53-50-18-15-12-9-6-3)76-70(73)64-61-58-55-52-49-47-45-42-28-26-24-22-20-17-14-11-8-5-2/h21,23,26-29,67H,4-20,22,24-25,30-66H2,1-3H3/b23-21-,28-26-,29-27-. The van der Waals surface area contributed by atoms with Gasteiger partial charge in [-0.2, -0.15) is 0 Å². The Labute approximate surface area is 474 Å². The van der Waals surface area contributed by atoms with Crippen molar-refractivity contribution in [2.75, 3.05) is 13.2 Å². The number of rotatable bonds is 63. The van der Waals surface area contributed by atoms with Gasteiger partial charge < -0.3 is 14.2 Å². The average molecular weight is 1070 g/mol. The van der Waals surface area contributed by atoms with E-state index in [1.54, 1.807) is 0 Å². The summed E-state index contributed by atoms with van der Waals surface area (Å²) < 4.78 is 16.9. The van der Waals surface area contributed by atoms with Crippen LogP contribution >= 0.6 is 0 Å². The molecule has 0 aliphatic carbocycles. The van der Waals surface area contributed by atoms with Crippen LogP contribution in [0.4, 0.5) is 0 Å². The van der Waals surface area contributed by atoms with Crippen LogP contribution in [0.3, 0.4) is 0 Å². The Kier molecular flexibility index (Phi) is 63.1. The van der Waals surface area contributed by atoms with E-state index < -0.39 is 6.10 Å². The van der Waals surface area contributed by atoms with Crippen molar-refractivity contribution in [3.05, 3.63) is 36.5 Å². The lowest BCUT2D eigenvalue weighted by Crippen LogP contribution is -2.30. The maximum absolute atomic E-state index is 12.9. The largest absolute Gasteiger partial charge is 0.462 e. The normalized spacial score (nSPS) is 12.2. The first-order valence-corrected chi connectivity index (χ1v) is 34.0. The van der Waals surface area contributed by atoms with Gasteiger partial charge in [0.1, 0.15) is 13.2 Å². The van der Waals surface area contributed by atoms with Gasteiger partial charge in [-0.25, -0.2) is 0 Å². The SMILES string of the molecule is CCCCCCC/C=C\C/C=C\CCCCCCCCCCCCCCCCCCCCCC(=O)OCC(COC(=O)CCCCCCCCCCC)OC(=O)CCCCCCCCC/C=C\CCCCCCCCC. The third kappa shape index (κ3) is 62.5. The zero-order chi connectivity index (χ0) is 55.0. The lowest BCUT2D eigenvalue weighted by molar-refractivity contribution is -0.167. The molecule has 0 bridgehead atoms. The summed E-state index contributed by atoms with van der Waals surface area (Å²) in [7, 11) is 0. The Morgan fingerprint density at radius 2 is 0.474 bits per heavy atom. The van der Waals surface area contributed by atoms with Gasteiger partial charge in [-0.3, -0.25) is 14.4 Å². The van der Waals surface area contributed by atoms with Crippen molar-refractivity contribution < 1.29 is 28.6 Å². The van der Waals surface area contributed by atoms with Crippen LogP contribution in [0.25, 0.3) is 0 Å². The van der Waals surface area contributed by atoms with E-state index in [1.165, 1.54) is 270 Å². The summed E-state index contributed by atoms with van der Waals surface area (Å²) in [6, 6.07) is 0. The Bertz CT molecular complexity index is 1270. The zero-order valence-electron chi connectivity index (χ0n) is 51.3. The molecule has 0 aromatic heterocycles. The molecule has 446 valence electrons. The second-order valence-corrected chi connectivity index (χ2v) is 23.1. The highest BCUT2D eigenvalue weighted by molar-refractivity contribution is 5.71. The third-order valence-electron chi connectivity index (χ3n) is 15.4. The lowest BCUT2D eigenvalue weighted by Gasteiger charge is -2.18. The second kappa shape index (κ2) is 65.2. The maximum atomic E-state index is 12.9. The minimum atomic E-state index is -0.770. The molecule has 0 spiro atoms. The molecule has 0 saturated heterocycles. The summed E-state index contributed by atoms with van der Waals surface area (Å²) in [6.45, 7) is 6.66. The van der Waals surface area contributed by atoms with Crippen molar-refractivity contribution in [2.24, 2.45) is 0 Å². The molecule has 0 N–H and O–H groups in total. The van der Waals surface area contributed by atoms with Gasteiger partial charge in [0.05, 0.1) is 0 Å². The lowest BCUT2D eigenvalue weighted by atomic mass is 10.0. The van der Waals surface area contributed by atoms with Crippen LogP contribution in [-0.2, 0) is 28.6 Å². The molecular formula is C70H130O6. The summed E-state index contributed by atoms with van der Waals surface area (Å²) >= 11 is 0. The van der Waals surface area contributed by atoms with Crippen LogP contribution in [0, 0.1) is 0 Å². The first kappa shape index (κ1) is 73.6. The molecule has 0 radical (unpaired) electrons. The van der Waals surface area contributed by atoms with E-state index in [-0.39, 0.29) is 31.1 Å². The van der Waals surface area contributed by atoms with Crippen molar-refractivity contribution in [3.8, 4) is 0 Å². The number of carbonyl (C=O) groups excluding carboxylic acids is 3. The molecule has 1 atom stereocenters. The van der Waals surface area contributed by atoms with E-state index in [4.69, 9.17) is 14.2 Å². The molecule has 6 nitrogen and oxygen atoms in total. The minimum absolute atomic E-state index is 0.0684. The quantitative estimate of drug-likeness (QED) is 0.0261. The van der Waals surface area contributed by atoms with Gasteiger partial charge in [0.25, 0.3) is 0 Å². The first-order valence-electron chi connectivity index (χ1n) is 34.0. The van der Waals surface area contributed by atoms with Gasteiger partial charge >= 0.3 is 17.9 Å². The van der Waals surface area contributed by atoms with E-state index in [0.717, 1.165) is 64.2 Å².